The average molecular weight is 391 g/mol. The molecular weight excluding hydrogens is 366 g/mol. The molecule has 0 saturated heterocycles. The van der Waals surface area contributed by atoms with Crippen molar-refractivity contribution >= 4 is 17.6 Å². The molecule has 0 unspecified atom stereocenters. The van der Waals surface area contributed by atoms with E-state index in [4.69, 9.17) is 4.74 Å². The second-order valence-corrected chi connectivity index (χ2v) is 8.70. The molecule has 0 radical (unpaired) electrons. The van der Waals surface area contributed by atoms with Crippen molar-refractivity contribution in [3.8, 4) is 0 Å². The minimum absolute atomic E-state index is 0.122. The Morgan fingerprint density at radius 1 is 1.07 bits per heavy atom. The lowest BCUT2D eigenvalue weighted by molar-refractivity contribution is 0.0596. The van der Waals surface area contributed by atoms with Crippen LogP contribution in [0.4, 0.5) is 5.69 Å². The lowest BCUT2D eigenvalue weighted by Crippen LogP contribution is -2.37. The van der Waals surface area contributed by atoms with Crippen LogP contribution in [0.1, 0.15) is 68.6 Å². The highest BCUT2D eigenvalue weighted by Crippen LogP contribution is 2.64. The van der Waals surface area contributed by atoms with E-state index in [1.807, 2.05) is 24.3 Å². The first-order valence-electron chi connectivity index (χ1n) is 10.3. The second kappa shape index (κ2) is 6.61. The van der Waals surface area contributed by atoms with Crippen molar-refractivity contribution in [1.82, 2.24) is 0 Å². The topological polar surface area (TPSA) is 75.6 Å². The summed E-state index contributed by atoms with van der Waals surface area (Å²) in [4.78, 5) is 23.8. The minimum Gasteiger partial charge on any atom is -0.478 e. The summed E-state index contributed by atoms with van der Waals surface area (Å²) in [5.74, 6) is 0.784. The van der Waals surface area contributed by atoms with Crippen LogP contribution < -0.4 is 5.32 Å². The number of anilines is 1. The van der Waals surface area contributed by atoms with E-state index in [1.165, 1.54) is 26.4 Å². The van der Waals surface area contributed by atoms with Crippen LogP contribution in [-0.4, -0.2) is 24.2 Å². The number of hydrogen-bond donors (Lipinski definition) is 2. The van der Waals surface area contributed by atoms with Crippen LogP contribution in [0.5, 0.6) is 0 Å². The van der Waals surface area contributed by atoms with E-state index in [2.05, 4.69) is 12.2 Å². The predicted octanol–water partition coefficient (Wildman–Crippen LogP) is 4.78. The Balaban J connectivity index is 1.65. The van der Waals surface area contributed by atoms with Gasteiger partial charge in [0.2, 0.25) is 0 Å². The van der Waals surface area contributed by atoms with Gasteiger partial charge in [-0.1, -0.05) is 18.2 Å². The molecule has 3 aliphatic rings. The Morgan fingerprint density at radius 2 is 1.79 bits per heavy atom. The summed E-state index contributed by atoms with van der Waals surface area (Å²) in [6, 6.07) is 11.3. The van der Waals surface area contributed by atoms with Crippen LogP contribution in [0.15, 0.2) is 36.4 Å². The molecule has 2 saturated carbocycles. The molecule has 2 aromatic carbocycles. The SMILES string of the molecule is COC(=O)c1ccc(C)c2c1[C@@H]1[C@H]3CC[C@@H](C3)[C@H]1[C@@H](c1ccc(C(=O)O)cc1)N2. The van der Waals surface area contributed by atoms with Crippen LogP contribution in [0, 0.1) is 24.7 Å². The summed E-state index contributed by atoms with van der Waals surface area (Å²) >= 11 is 0. The number of aryl methyl sites for hydroxylation is 1. The summed E-state index contributed by atoms with van der Waals surface area (Å²) in [7, 11) is 1.44. The third kappa shape index (κ3) is 2.67. The first-order chi connectivity index (χ1) is 14.0. The maximum Gasteiger partial charge on any atom is 0.338 e. The Morgan fingerprint density at radius 3 is 2.48 bits per heavy atom. The average Bonchev–Trinajstić information content (AvgIpc) is 3.36. The van der Waals surface area contributed by atoms with Gasteiger partial charge < -0.3 is 15.2 Å². The monoisotopic (exact) mass is 391 g/mol. The molecule has 5 nitrogen and oxygen atoms in total. The van der Waals surface area contributed by atoms with Crippen LogP contribution in [0.25, 0.3) is 0 Å². The van der Waals surface area contributed by atoms with Crippen molar-refractivity contribution in [2.75, 3.05) is 12.4 Å². The van der Waals surface area contributed by atoms with Gasteiger partial charge in [-0.05, 0) is 84.7 Å². The number of rotatable bonds is 3. The summed E-state index contributed by atoms with van der Waals surface area (Å²) in [5, 5.41) is 13.0. The van der Waals surface area contributed by atoms with Gasteiger partial charge in [0.15, 0.2) is 0 Å². The molecule has 1 heterocycles. The Kier molecular flexibility index (Phi) is 4.16. The molecule has 29 heavy (non-hydrogen) atoms. The molecule has 2 N–H and O–H groups in total. The van der Waals surface area contributed by atoms with Gasteiger partial charge in [-0.3, -0.25) is 0 Å². The van der Waals surface area contributed by atoms with E-state index >= 15 is 0 Å². The van der Waals surface area contributed by atoms with E-state index in [9.17, 15) is 14.7 Å². The predicted molar refractivity (Wildman–Crippen MR) is 109 cm³/mol. The fourth-order valence-electron chi connectivity index (χ4n) is 6.19. The van der Waals surface area contributed by atoms with Gasteiger partial charge in [0.1, 0.15) is 0 Å². The lowest BCUT2D eigenvalue weighted by atomic mass is 9.66. The zero-order valence-corrected chi connectivity index (χ0v) is 16.6. The van der Waals surface area contributed by atoms with Gasteiger partial charge in [0.25, 0.3) is 0 Å². The molecule has 2 aliphatic carbocycles. The minimum atomic E-state index is -0.908. The number of carbonyl (C=O) groups is 2. The van der Waals surface area contributed by atoms with Crippen LogP contribution in [0.2, 0.25) is 0 Å². The highest BCUT2D eigenvalue weighted by molar-refractivity contribution is 5.94. The zero-order chi connectivity index (χ0) is 20.3. The Labute approximate surface area is 170 Å². The summed E-state index contributed by atoms with van der Waals surface area (Å²) in [6.07, 6.45) is 3.64. The number of carboxylic acids is 1. The number of esters is 1. The van der Waals surface area contributed by atoms with Crippen molar-refractivity contribution in [2.45, 2.75) is 38.1 Å². The molecule has 0 aromatic heterocycles. The number of methoxy groups -OCH3 is 1. The van der Waals surface area contributed by atoms with E-state index < -0.39 is 5.97 Å². The number of fused-ring (bicyclic) bond motifs is 7. The van der Waals surface area contributed by atoms with Crippen LogP contribution in [-0.2, 0) is 4.74 Å². The summed E-state index contributed by atoms with van der Waals surface area (Å²) in [6.45, 7) is 2.07. The number of nitrogens with one attached hydrogen (secondary N) is 1. The fourth-order valence-corrected chi connectivity index (χ4v) is 6.19. The van der Waals surface area contributed by atoms with Crippen molar-refractivity contribution in [3.05, 3.63) is 64.2 Å². The molecule has 5 atom stereocenters. The zero-order valence-electron chi connectivity index (χ0n) is 16.6. The number of carboxylic acid groups (broad SMARTS) is 1. The summed E-state index contributed by atoms with van der Waals surface area (Å²) < 4.78 is 5.10. The molecule has 2 aromatic rings. The number of ether oxygens (including phenoxy) is 1. The molecule has 150 valence electrons. The maximum atomic E-state index is 12.5. The van der Waals surface area contributed by atoms with Crippen LogP contribution in [0.3, 0.4) is 0 Å². The van der Waals surface area contributed by atoms with Crippen LogP contribution >= 0.6 is 0 Å². The first kappa shape index (κ1) is 18.2. The van der Waals surface area contributed by atoms with E-state index in [1.54, 1.807) is 12.1 Å². The first-order valence-corrected chi connectivity index (χ1v) is 10.3. The quantitative estimate of drug-likeness (QED) is 0.737. The van der Waals surface area contributed by atoms with Gasteiger partial charge >= 0.3 is 11.9 Å². The van der Waals surface area contributed by atoms with Crippen molar-refractivity contribution in [3.63, 3.8) is 0 Å². The number of aromatic carboxylic acids is 1. The van der Waals surface area contributed by atoms with Crippen molar-refractivity contribution in [2.24, 2.45) is 17.8 Å². The number of hydrogen-bond acceptors (Lipinski definition) is 4. The van der Waals surface area contributed by atoms with E-state index in [-0.39, 0.29) is 12.0 Å². The third-order valence-corrected chi connectivity index (χ3v) is 7.37. The molecule has 0 spiro atoms. The largest absolute Gasteiger partial charge is 0.478 e. The van der Waals surface area contributed by atoms with Crippen molar-refractivity contribution < 1.29 is 19.4 Å². The molecule has 5 rings (SSSR count). The molecule has 0 amide bonds. The van der Waals surface area contributed by atoms with Gasteiger partial charge in [0, 0.05) is 5.69 Å². The third-order valence-electron chi connectivity index (χ3n) is 7.37. The van der Waals surface area contributed by atoms with E-state index in [0.717, 1.165) is 22.4 Å². The maximum absolute atomic E-state index is 12.5. The van der Waals surface area contributed by atoms with E-state index in [0.29, 0.717) is 34.8 Å². The highest BCUT2D eigenvalue weighted by Gasteiger charge is 2.55. The van der Waals surface area contributed by atoms with Gasteiger partial charge in [0.05, 0.1) is 24.3 Å². The standard InChI is InChI=1S/C24H25NO4/c1-12-3-10-17(24(28)29-2)20-18-15-8-9-16(11-15)19(18)22(25-21(12)20)13-4-6-14(7-5-13)23(26)27/h3-7,10,15-16,18-19,22,25H,8-9,11H2,1-2H3,(H,26,27)/t15-,16-,18+,19+,22+/m0/s1. The molecule has 2 bridgehead atoms. The normalized spacial score (nSPS) is 29.0. The summed E-state index contributed by atoms with van der Waals surface area (Å²) in [5.41, 5.74) is 5.41. The van der Waals surface area contributed by atoms with Gasteiger partial charge in [-0.2, -0.15) is 0 Å². The Hall–Kier alpha value is -2.82. The molecular formula is C24H25NO4. The molecule has 1 aliphatic heterocycles. The number of benzene rings is 2. The smallest absolute Gasteiger partial charge is 0.338 e. The van der Waals surface area contributed by atoms with Gasteiger partial charge in [-0.25, -0.2) is 9.59 Å². The number of carbonyl (C=O) groups excluding carboxylic acids is 1. The molecule has 5 heteroatoms. The fraction of sp³-hybridized carbons (Fsp3) is 0.417. The second-order valence-electron chi connectivity index (χ2n) is 8.70. The van der Waals surface area contributed by atoms with Gasteiger partial charge in [-0.15, -0.1) is 0 Å². The molecule has 2 fully saturated rings. The Bertz CT molecular complexity index is 997. The van der Waals surface area contributed by atoms with Crippen molar-refractivity contribution in [1.29, 1.82) is 0 Å². The lowest BCUT2D eigenvalue weighted by Gasteiger charge is -2.44. The highest BCUT2D eigenvalue weighted by atomic mass is 16.5.